The van der Waals surface area contributed by atoms with E-state index in [-0.39, 0.29) is 10.1 Å². The Labute approximate surface area is 195 Å². The molecule has 31 heavy (non-hydrogen) atoms. The number of rotatable bonds is 5. The Bertz CT molecular complexity index is 1340. The van der Waals surface area contributed by atoms with Gasteiger partial charge in [0.15, 0.2) is 5.13 Å². The molecule has 1 aliphatic rings. The third kappa shape index (κ3) is 4.01. The van der Waals surface area contributed by atoms with Gasteiger partial charge in [0.2, 0.25) is 5.91 Å². The number of hydrogen-bond acceptors (Lipinski definition) is 8. The van der Waals surface area contributed by atoms with E-state index in [9.17, 15) is 13.2 Å². The van der Waals surface area contributed by atoms with Crippen molar-refractivity contribution in [1.29, 1.82) is 0 Å². The number of amides is 1. The van der Waals surface area contributed by atoms with E-state index < -0.39 is 16.1 Å². The Morgan fingerprint density at radius 1 is 1.16 bits per heavy atom. The lowest BCUT2D eigenvalue weighted by atomic mass is 10.2. The van der Waals surface area contributed by atoms with Crippen LogP contribution in [-0.2, 0) is 14.8 Å². The molecule has 1 aromatic carbocycles. The molecule has 160 valence electrons. The average molecular weight is 511 g/mol. The minimum Gasteiger partial charge on any atom is -0.301 e. The molecule has 0 bridgehead atoms. The highest BCUT2D eigenvalue weighted by atomic mass is 35.5. The summed E-state index contributed by atoms with van der Waals surface area (Å²) in [6, 6.07) is 10.1. The molecule has 1 N–H and O–H groups in total. The third-order valence-electron chi connectivity index (χ3n) is 4.87. The van der Waals surface area contributed by atoms with E-state index in [1.807, 2.05) is 29.6 Å². The van der Waals surface area contributed by atoms with E-state index in [0.29, 0.717) is 34.5 Å². The second-order valence-electron chi connectivity index (χ2n) is 6.85. The summed E-state index contributed by atoms with van der Waals surface area (Å²) >= 11 is 9.72. The molecule has 0 radical (unpaired) electrons. The van der Waals surface area contributed by atoms with Gasteiger partial charge in [-0.25, -0.2) is 18.4 Å². The Morgan fingerprint density at radius 3 is 2.77 bits per heavy atom. The molecule has 7 nitrogen and oxygen atoms in total. The fourth-order valence-electron chi connectivity index (χ4n) is 3.44. The first-order valence-electron chi connectivity index (χ1n) is 9.31. The molecule has 0 aliphatic carbocycles. The van der Waals surface area contributed by atoms with E-state index in [1.165, 1.54) is 33.0 Å². The number of anilines is 1. The van der Waals surface area contributed by atoms with E-state index in [4.69, 9.17) is 11.6 Å². The predicted octanol–water partition coefficient (Wildman–Crippen LogP) is 4.93. The Kier molecular flexibility index (Phi) is 5.57. The van der Waals surface area contributed by atoms with Crippen molar-refractivity contribution < 1.29 is 13.2 Å². The molecule has 4 heterocycles. The lowest BCUT2D eigenvalue weighted by molar-refractivity contribution is -0.119. The second-order valence-corrected chi connectivity index (χ2v) is 12.6. The number of thiazole rings is 2. The zero-order valence-corrected chi connectivity index (χ0v) is 19.8. The van der Waals surface area contributed by atoms with Crippen LogP contribution in [-0.4, -0.2) is 41.2 Å². The number of aromatic nitrogens is 2. The Hall–Kier alpha value is -1.89. The lowest BCUT2D eigenvalue weighted by Gasteiger charge is -2.22. The summed E-state index contributed by atoms with van der Waals surface area (Å²) in [5, 5.41) is 5.82. The average Bonchev–Trinajstić information content (AvgIpc) is 3.52. The van der Waals surface area contributed by atoms with Crippen molar-refractivity contribution >= 4 is 76.9 Å². The minimum atomic E-state index is -3.78. The first-order valence-corrected chi connectivity index (χ1v) is 13.6. The van der Waals surface area contributed by atoms with Crippen molar-refractivity contribution in [1.82, 2.24) is 14.3 Å². The normalized spacial score (nSPS) is 17.4. The van der Waals surface area contributed by atoms with Crippen molar-refractivity contribution in [3.63, 3.8) is 0 Å². The third-order valence-corrected chi connectivity index (χ3v) is 10.3. The first kappa shape index (κ1) is 21.0. The molecule has 1 atom stereocenters. The van der Waals surface area contributed by atoms with Crippen LogP contribution in [0.4, 0.5) is 5.13 Å². The fourth-order valence-corrected chi connectivity index (χ4v) is 8.41. The number of nitrogens with zero attached hydrogens (tertiary/aromatic N) is 3. The van der Waals surface area contributed by atoms with Crippen LogP contribution in [0.2, 0.25) is 4.34 Å². The van der Waals surface area contributed by atoms with Crippen molar-refractivity contribution in [2.75, 3.05) is 11.9 Å². The zero-order chi connectivity index (χ0) is 21.6. The summed E-state index contributed by atoms with van der Waals surface area (Å²) in [5.74, 6) is -0.381. The number of benzene rings is 1. The first-order chi connectivity index (χ1) is 14.9. The summed E-state index contributed by atoms with van der Waals surface area (Å²) in [6.07, 6.45) is 1.07. The standard InChI is InChI=1S/C19H15ClN4O3S4/c20-15-7-8-16(30-15)31(26,27)24-9-3-5-13(24)17(25)23-19-22-12(10-28-19)18-21-11-4-1-2-6-14(11)29-18/h1-2,4,6-8,10,13H,3,5,9H2,(H,22,23,25). The zero-order valence-electron chi connectivity index (χ0n) is 15.8. The number of hydrogen-bond donors (Lipinski definition) is 1. The van der Waals surface area contributed by atoms with E-state index >= 15 is 0 Å². The quantitative estimate of drug-likeness (QED) is 0.411. The number of carbonyl (C=O) groups excluding carboxylic acids is 1. The number of nitrogens with one attached hydrogen (secondary N) is 1. The molecule has 12 heteroatoms. The van der Waals surface area contributed by atoms with Crippen molar-refractivity contribution in [3.8, 4) is 10.7 Å². The van der Waals surface area contributed by atoms with Crippen LogP contribution >= 0.6 is 45.6 Å². The summed E-state index contributed by atoms with van der Waals surface area (Å²) in [5.41, 5.74) is 1.59. The highest BCUT2D eigenvalue weighted by Gasteiger charge is 2.40. The summed E-state index contributed by atoms with van der Waals surface area (Å²) in [7, 11) is -3.78. The van der Waals surface area contributed by atoms with Gasteiger partial charge in [0.25, 0.3) is 10.0 Å². The van der Waals surface area contributed by atoms with Gasteiger partial charge in [0.1, 0.15) is 21.0 Å². The van der Waals surface area contributed by atoms with Crippen molar-refractivity contribution in [3.05, 3.63) is 46.1 Å². The van der Waals surface area contributed by atoms with Crippen LogP contribution in [0.15, 0.2) is 46.0 Å². The maximum Gasteiger partial charge on any atom is 0.253 e. The van der Waals surface area contributed by atoms with Crippen LogP contribution in [0.25, 0.3) is 20.9 Å². The monoisotopic (exact) mass is 510 g/mol. The molecule has 5 rings (SSSR count). The van der Waals surface area contributed by atoms with Gasteiger partial charge in [-0.2, -0.15) is 4.31 Å². The van der Waals surface area contributed by atoms with Crippen LogP contribution in [0.5, 0.6) is 0 Å². The van der Waals surface area contributed by atoms with E-state index in [1.54, 1.807) is 6.07 Å². The summed E-state index contributed by atoms with van der Waals surface area (Å²) in [4.78, 5) is 22.0. The molecular formula is C19H15ClN4O3S4. The highest BCUT2D eigenvalue weighted by Crippen LogP contribution is 2.34. The maximum atomic E-state index is 13.0. The van der Waals surface area contributed by atoms with Gasteiger partial charge in [0, 0.05) is 11.9 Å². The largest absolute Gasteiger partial charge is 0.301 e. The molecule has 1 fully saturated rings. The highest BCUT2D eigenvalue weighted by molar-refractivity contribution is 7.91. The number of fused-ring (bicyclic) bond motifs is 1. The van der Waals surface area contributed by atoms with Crippen molar-refractivity contribution in [2.24, 2.45) is 0 Å². The smallest absolute Gasteiger partial charge is 0.253 e. The van der Waals surface area contributed by atoms with Gasteiger partial charge >= 0.3 is 0 Å². The minimum absolute atomic E-state index is 0.143. The van der Waals surface area contributed by atoms with Gasteiger partial charge in [-0.15, -0.1) is 34.0 Å². The molecule has 3 aromatic heterocycles. The van der Waals surface area contributed by atoms with Gasteiger partial charge in [-0.05, 0) is 37.1 Å². The molecule has 4 aromatic rings. The van der Waals surface area contributed by atoms with E-state index in [2.05, 4.69) is 15.3 Å². The molecule has 1 saturated heterocycles. The van der Waals surface area contributed by atoms with Gasteiger partial charge in [-0.1, -0.05) is 23.7 Å². The molecule has 0 saturated carbocycles. The lowest BCUT2D eigenvalue weighted by Crippen LogP contribution is -2.42. The number of sulfonamides is 1. The van der Waals surface area contributed by atoms with Gasteiger partial charge in [-0.3, -0.25) is 4.79 Å². The van der Waals surface area contributed by atoms with Crippen LogP contribution in [0.1, 0.15) is 12.8 Å². The number of thiophene rings is 1. The van der Waals surface area contributed by atoms with Crippen molar-refractivity contribution in [2.45, 2.75) is 23.1 Å². The second kappa shape index (κ2) is 8.23. The molecular weight excluding hydrogens is 496 g/mol. The Morgan fingerprint density at radius 2 is 2.00 bits per heavy atom. The molecule has 1 aliphatic heterocycles. The van der Waals surface area contributed by atoms with E-state index in [0.717, 1.165) is 26.6 Å². The molecule has 1 amide bonds. The predicted molar refractivity (Wildman–Crippen MR) is 126 cm³/mol. The summed E-state index contributed by atoms with van der Waals surface area (Å²) in [6.45, 7) is 0.296. The van der Waals surface area contributed by atoms with Gasteiger partial charge in [0.05, 0.1) is 14.6 Å². The van der Waals surface area contributed by atoms with Crippen LogP contribution in [0, 0.1) is 0 Å². The Balaban J connectivity index is 1.34. The molecule has 0 spiro atoms. The fraction of sp³-hybridized carbons (Fsp3) is 0.211. The summed E-state index contributed by atoms with van der Waals surface area (Å²) < 4.78 is 28.8. The SMILES string of the molecule is O=C(Nc1nc(-c2nc3ccccc3s2)cs1)C1CCCN1S(=O)(=O)c1ccc(Cl)s1. The number of halogens is 1. The van der Waals surface area contributed by atoms with Gasteiger partial charge < -0.3 is 5.32 Å². The number of carbonyl (C=O) groups is 1. The molecule has 1 unspecified atom stereocenters. The topological polar surface area (TPSA) is 92.3 Å². The maximum absolute atomic E-state index is 13.0. The number of para-hydroxylation sites is 1. The van der Waals surface area contributed by atoms with Crippen LogP contribution in [0.3, 0.4) is 0 Å². The van der Waals surface area contributed by atoms with Crippen LogP contribution < -0.4 is 5.32 Å².